The quantitative estimate of drug-likeness (QED) is 0.642. The van der Waals surface area contributed by atoms with E-state index in [0.29, 0.717) is 0 Å². The lowest BCUT2D eigenvalue weighted by atomic mass is 10.1. The summed E-state index contributed by atoms with van der Waals surface area (Å²) in [5, 5.41) is 3.74. The van der Waals surface area contributed by atoms with Crippen LogP contribution in [0, 0.1) is 0 Å². The van der Waals surface area contributed by atoms with E-state index in [1.54, 1.807) is 6.26 Å². The van der Waals surface area contributed by atoms with Crippen molar-refractivity contribution in [3.63, 3.8) is 0 Å². The Hall–Kier alpha value is -1.35. The van der Waals surface area contributed by atoms with Crippen LogP contribution < -0.4 is 5.32 Å². The molecule has 21 heavy (non-hydrogen) atoms. The Morgan fingerprint density at radius 3 is 2.43 bits per heavy atom. The van der Waals surface area contributed by atoms with Crippen molar-refractivity contribution in [2.24, 2.45) is 0 Å². The SMILES string of the molecule is C/C=C\O/C(=C\C)C1NC(C(/C)=C\CC)=C(/C(C)=C\C)S1. The first kappa shape index (κ1) is 17.7. The van der Waals surface area contributed by atoms with Gasteiger partial charge in [-0.15, -0.1) is 0 Å². The number of hydrogen-bond donors (Lipinski definition) is 1. The molecule has 116 valence electrons. The van der Waals surface area contributed by atoms with Crippen LogP contribution in [0.5, 0.6) is 0 Å². The van der Waals surface area contributed by atoms with E-state index in [1.807, 2.05) is 37.8 Å². The molecule has 1 atom stereocenters. The Labute approximate surface area is 133 Å². The van der Waals surface area contributed by atoms with Crippen LogP contribution in [0.1, 0.15) is 48.0 Å². The predicted molar refractivity (Wildman–Crippen MR) is 94.7 cm³/mol. The third-order valence-corrected chi connectivity index (χ3v) is 4.66. The van der Waals surface area contributed by atoms with Crippen LogP contribution in [-0.2, 0) is 4.74 Å². The average molecular weight is 305 g/mol. The zero-order valence-electron chi connectivity index (χ0n) is 14.0. The van der Waals surface area contributed by atoms with Crippen LogP contribution in [0.25, 0.3) is 0 Å². The second-order valence-electron chi connectivity index (χ2n) is 4.89. The first-order chi connectivity index (χ1) is 10.1. The lowest BCUT2D eigenvalue weighted by Gasteiger charge is -2.15. The van der Waals surface area contributed by atoms with Crippen molar-refractivity contribution in [1.82, 2.24) is 5.32 Å². The zero-order chi connectivity index (χ0) is 15.8. The molecule has 0 radical (unpaired) electrons. The van der Waals surface area contributed by atoms with Crippen molar-refractivity contribution in [3.05, 3.63) is 58.1 Å². The number of ether oxygens (including phenoxy) is 1. The van der Waals surface area contributed by atoms with Gasteiger partial charge in [-0.05, 0) is 58.3 Å². The highest BCUT2D eigenvalue weighted by Crippen LogP contribution is 2.40. The number of nitrogens with one attached hydrogen (secondary N) is 1. The van der Waals surface area contributed by atoms with Gasteiger partial charge >= 0.3 is 0 Å². The minimum absolute atomic E-state index is 0.131. The van der Waals surface area contributed by atoms with Crippen molar-refractivity contribution in [3.8, 4) is 0 Å². The number of allylic oxidation sites excluding steroid dienone is 6. The molecule has 0 aliphatic carbocycles. The molecule has 0 saturated heterocycles. The highest BCUT2D eigenvalue weighted by atomic mass is 32.2. The maximum atomic E-state index is 5.71. The summed E-state index contributed by atoms with van der Waals surface area (Å²) in [5.74, 6) is 0.943. The molecule has 0 fully saturated rings. The summed E-state index contributed by atoms with van der Waals surface area (Å²) in [6, 6.07) is 0. The molecular weight excluding hydrogens is 278 g/mol. The topological polar surface area (TPSA) is 21.3 Å². The van der Waals surface area contributed by atoms with Crippen LogP contribution in [0.3, 0.4) is 0 Å². The molecular formula is C18H27NOS. The highest BCUT2D eigenvalue weighted by Gasteiger charge is 2.28. The van der Waals surface area contributed by atoms with Crippen LogP contribution in [-0.4, -0.2) is 5.37 Å². The Morgan fingerprint density at radius 2 is 1.90 bits per heavy atom. The molecule has 0 aromatic carbocycles. The summed E-state index contributed by atoms with van der Waals surface area (Å²) in [4.78, 5) is 1.31. The second-order valence-corrected chi connectivity index (χ2v) is 6.01. The average Bonchev–Trinajstić information content (AvgIpc) is 2.92. The van der Waals surface area contributed by atoms with Crippen molar-refractivity contribution in [2.45, 2.75) is 53.3 Å². The lowest BCUT2D eigenvalue weighted by molar-refractivity contribution is 0.330. The van der Waals surface area contributed by atoms with Crippen molar-refractivity contribution in [1.29, 1.82) is 0 Å². The molecule has 2 nitrogen and oxygen atoms in total. The van der Waals surface area contributed by atoms with Gasteiger partial charge in [0.25, 0.3) is 0 Å². The molecule has 1 N–H and O–H groups in total. The Balaban J connectivity index is 3.05. The van der Waals surface area contributed by atoms with Gasteiger partial charge in [0.15, 0.2) is 0 Å². The van der Waals surface area contributed by atoms with Gasteiger partial charge in [0.2, 0.25) is 0 Å². The first-order valence-corrected chi connectivity index (χ1v) is 8.38. The molecule has 1 aliphatic heterocycles. The normalized spacial score (nSPS) is 21.2. The molecule has 1 unspecified atom stereocenters. The molecule has 0 amide bonds. The summed E-state index contributed by atoms with van der Waals surface area (Å²) < 4.78 is 5.71. The highest BCUT2D eigenvalue weighted by molar-refractivity contribution is 8.04. The van der Waals surface area contributed by atoms with E-state index in [-0.39, 0.29) is 5.37 Å². The molecule has 0 aromatic rings. The van der Waals surface area contributed by atoms with Crippen LogP contribution in [0.4, 0.5) is 0 Å². The fourth-order valence-electron chi connectivity index (χ4n) is 2.08. The molecule has 1 rings (SSSR count). The molecule has 0 saturated carbocycles. The Kier molecular flexibility index (Phi) is 7.44. The van der Waals surface area contributed by atoms with Gasteiger partial charge in [0.1, 0.15) is 11.1 Å². The van der Waals surface area contributed by atoms with Gasteiger partial charge in [0, 0.05) is 4.91 Å². The van der Waals surface area contributed by atoms with E-state index in [2.05, 4.69) is 45.2 Å². The third-order valence-electron chi connectivity index (χ3n) is 3.32. The maximum absolute atomic E-state index is 5.71. The molecule has 3 heteroatoms. The summed E-state index contributed by atoms with van der Waals surface area (Å²) in [6.07, 6.45) is 11.1. The van der Waals surface area contributed by atoms with Gasteiger partial charge in [-0.3, -0.25) is 0 Å². The smallest absolute Gasteiger partial charge is 0.136 e. The Bertz CT molecular complexity index is 509. The van der Waals surface area contributed by atoms with Crippen molar-refractivity contribution < 1.29 is 4.74 Å². The number of hydrogen-bond acceptors (Lipinski definition) is 3. The molecule has 0 aromatic heterocycles. The van der Waals surface area contributed by atoms with Gasteiger partial charge in [-0.25, -0.2) is 0 Å². The fourth-order valence-corrected chi connectivity index (χ4v) is 3.44. The monoisotopic (exact) mass is 305 g/mol. The van der Waals surface area contributed by atoms with Gasteiger partial charge in [-0.2, -0.15) is 0 Å². The number of rotatable bonds is 6. The van der Waals surface area contributed by atoms with Gasteiger partial charge in [0.05, 0.1) is 12.0 Å². The van der Waals surface area contributed by atoms with E-state index in [0.717, 1.165) is 12.2 Å². The van der Waals surface area contributed by atoms with E-state index in [1.165, 1.54) is 21.7 Å². The summed E-state index contributed by atoms with van der Waals surface area (Å²) >= 11 is 1.82. The molecule has 0 bridgehead atoms. The minimum Gasteiger partial charge on any atom is -0.467 e. The lowest BCUT2D eigenvalue weighted by Crippen LogP contribution is -2.23. The third kappa shape index (κ3) is 4.57. The van der Waals surface area contributed by atoms with Crippen molar-refractivity contribution in [2.75, 3.05) is 0 Å². The Morgan fingerprint density at radius 1 is 1.19 bits per heavy atom. The molecule has 1 aliphatic rings. The largest absolute Gasteiger partial charge is 0.467 e. The first-order valence-electron chi connectivity index (χ1n) is 7.50. The van der Waals surface area contributed by atoms with Gasteiger partial charge < -0.3 is 10.1 Å². The summed E-state index contributed by atoms with van der Waals surface area (Å²) in [6.45, 7) is 12.5. The zero-order valence-corrected chi connectivity index (χ0v) is 14.8. The van der Waals surface area contributed by atoms with E-state index in [9.17, 15) is 0 Å². The van der Waals surface area contributed by atoms with Crippen LogP contribution in [0.2, 0.25) is 0 Å². The summed E-state index contributed by atoms with van der Waals surface area (Å²) in [5.41, 5.74) is 3.83. The maximum Gasteiger partial charge on any atom is 0.136 e. The van der Waals surface area contributed by atoms with E-state index in [4.69, 9.17) is 4.74 Å². The van der Waals surface area contributed by atoms with Gasteiger partial charge in [-0.1, -0.05) is 36.9 Å². The van der Waals surface area contributed by atoms with E-state index < -0.39 is 0 Å². The standard InChI is InChI=1S/C18H27NOS/c1-7-11-14(6)16-17(13(5)9-3)21-18(19-16)15(10-4)20-12-8-2/h8-12,18-19H,7H2,1-6H3/b12-8-,13-9-,14-11-,15-10-. The van der Waals surface area contributed by atoms with E-state index >= 15 is 0 Å². The van der Waals surface area contributed by atoms with Crippen molar-refractivity contribution >= 4 is 11.8 Å². The summed E-state index contributed by atoms with van der Waals surface area (Å²) in [7, 11) is 0. The fraction of sp³-hybridized carbons (Fsp3) is 0.444. The van der Waals surface area contributed by atoms with Crippen LogP contribution >= 0.6 is 11.8 Å². The number of thioether (sulfide) groups is 1. The molecule has 0 spiro atoms. The predicted octanol–water partition coefficient (Wildman–Crippen LogP) is 5.64. The minimum atomic E-state index is 0.131. The van der Waals surface area contributed by atoms with Crippen LogP contribution in [0.15, 0.2) is 58.1 Å². The molecule has 1 heterocycles. The second kappa shape index (κ2) is 8.83.